The Morgan fingerprint density at radius 1 is 0.368 bits per heavy atom. The van der Waals surface area contributed by atoms with Crippen LogP contribution in [0.3, 0.4) is 0 Å². The molecule has 0 amide bonds. The van der Waals surface area contributed by atoms with Gasteiger partial charge < -0.3 is 0 Å². The van der Waals surface area contributed by atoms with Crippen LogP contribution in [0.15, 0.2) is 212 Å². The molecular weight excluding hydrogens is 711 g/mol. The molecule has 0 radical (unpaired) electrons. The molecule has 11 rings (SSSR count). The number of hydrogen-bond acceptors (Lipinski definition) is 3. The van der Waals surface area contributed by atoms with Crippen molar-refractivity contribution in [3.8, 4) is 23.3 Å². The lowest BCUT2D eigenvalue weighted by molar-refractivity contribution is 0.893. The summed E-state index contributed by atoms with van der Waals surface area (Å²) >= 11 is 0. The highest BCUT2D eigenvalue weighted by atomic mass is 28.3. The SMILES string of the molecule is [2H]c1c([2H])c([2H])c([Si](c2ccccc2)(c2ccccc2)c2ccccc2)c(-c2nc(-n3c4ccccc4c4ccccc43)nc(-n3c4ccccc4c4ccccc43)n2)c1[2H]. The van der Waals surface area contributed by atoms with Crippen LogP contribution in [-0.4, -0.2) is 32.2 Å². The minimum atomic E-state index is -3.62. The zero-order valence-electron chi connectivity index (χ0n) is 34.6. The molecule has 0 unspecified atom stereocenters. The fraction of sp³-hybridized carbons (Fsp3) is 0. The zero-order valence-corrected chi connectivity index (χ0v) is 31.6. The normalized spacial score (nSPS) is 12.8. The van der Waals surface area contributed by atoms with Crippen molar-refractivity contribution in [3.63, 3.8) is 0 Å². The van der Waals surface area contributed by atoms with Gasteiger partial charge in [0, 0.05) is 27.1 Å². The molecule has 0 spiro atoms. The van der Waals surface area contributed by atoms with Gasteiger partial charge in [0.1, 0.15) is 0 Å². The van der Waals surface area contributed by atoms with Gasteiger partial charge in [0.15, 0.2) is 13.9 Å². The number of hydrogen-bond donors (Lipinski definition) is 0. The van der Waals surface area contributed by atoms with Crippen molar-refractivity contribution in [3.05, 3.63) is 212 Å². The van der Waals surface area contributed by atoms with Gasteiger partial charge in [-0.1, -0.05) is 188 Å². The maximum atomic E-state index is 10.0. The minimum Gasteiger partial charge on any atom is -0.278 e. The van der Waals surface area contributed by atoms with Gasteiger partial charge in [0.05, 0.1) is 27.5 Å². The van der Waals surface area contributed by atoms with Gasteiger partial charge in [0.25, 0.3) is 0 Å². The molecule has 0 saturated carbocycles. The molecular formula is C51H35N5Si. The van der Waals surface area contributed by atoms with Gasteiger partial charge in [-0.2, -0.15) is 15.0 Å². The molecule has 0 atom stereocenters. The maximum Gasteiger partial charge on any atom is 0.240 e. The van der Waals surface area contributed by atoms with Gasteiger partial charge in [-0.05, 0) is 45.0 Å². The molecule has 0 aliphatic rings. The number of nitrogens with zero attached hydrogens (tertiary/aromatic N) is 5. The highest BCUT2D eigenvalue weighted by Gasteiger charge is 2.43. The minimum absolute atomic E-state index is 0.128. The molecule has 5 nitrogen and oxygen atoms in total. The van der Waals surface area contributed by atoms with Crippen LogP contribution in [0.5, 0.6) is 0 Å². The summed E-state index contributed by atoms with van der Waals surface area (Å²) in [6, 6.07) is 62.0. The number of fused-ring (bicyclic) bond motifs is 6. The van der Waals surface area contributed by atoms with Crippen molar-refractivity contribution in [2.45, 2.75) is 0 Å². The Morgan fingerprint density at radius 3 is 1.09 bits per heavy atom. The van der Waals surface area contributed by atoms with Crippen LogP contribution in [0.1, 0.15) is 5.48 Å². The standard InChI is InChI=1S/C51H35N5Si/c1-4-20-36(21-5-1)57(37-22-6-2-7-23-37,38-24-8-3-9-25-38)48-35-19-14-30-43(48)49-52-50(55-44-31-15-10-26-39(44)40-27-11-16-32-45(40)55)54-51(53-49)56-46-33-17-12-28-41(46)42-29-13-18-34-47(42)56/h1-35H/i14D,19D,30D,35D. The van der Waals surface area contributed by atoms with E-state index in [9.17, 15) is 5.48 Å². The summed E-state index contributed by atoms with van der Waals surface area (Å²) in [4.78, 5) is 16.0. The fourth-order valence-corrected chi connectivity index (χ4v) is 13.4. The van der Waals surface area contributed by atoms with Crippen molar-refractivity contribution < 1.29 is 5.48 Å². The molecule has 11 aromatic rings. The second-order valence-corrected chi connectivity index (χ2v) is 17.8. The van der Waals surface area contributed by atoms with Crippen LogP contribution in [0.25, 0.3) is 66.9 Å². The Labute approximate surface area is 336 Å². The van der Waals surface area contributed by atoms with E-state index in [0.29, 0.717) is 17.1 Å². The molecule has 268 valence electrons. The summed E-state index contributed by atoms with van der Waals surface area (Å²) in [6.45, 7) is 0. The van der Waals surface area contributed by atoms with Gasteiger partial charge in [-0.25, -0.2) is 0 Å². The molecule has 57 heavy (non-hydrogen) atoms. The average molecular weight is 750 g/mol. The van der Waals surface area contributed by atoms with Crippen molar-refractivity contribution in [2.75, 3.05) is 0 Å². The highest BCUT2D eigenvalue weighted by Crippen LogP contribution is 2.34. The third-order valence-electron chi connectivity index (χ3n) is 11.1. The van der Waals surface area contributed by atoms with Gasteiger partial charge in [-0.3, -0.25) is 9.13 Å². The first-order valence-electron chi connectivity index (χ1n) is 21.0. The van der Waals surface area contributed by atoms with E-state index in [4.69, 9.17) is 15.0 Å². The zero-order chi connectivity index (χ0) is 41.2. The Hall–Kier alpha value is -7.41. The van der Waals surface area contributed by atoms with Crippen LogP contribution in [0.4, 0.5) is 0 Å². The number of rotatable bonds is 7. The van der Waals surface area contributed by atoms with Gasteiger partial charge >= 0.3 is 0 Å². The van der Waals surface area contributed by atoms with Crippen molar-refractivity contribution in [2.24, 2.45) is 0 Å². The Bertz CT molecular complexity index is 3150. The lowest BCUT2D eigenvalue weighted by atomic mass is 10.2. The van der Waals surface area contributed by atoms with Crippen LogP contribution in [-0.2, 0) is 0 Å². The van der Waals surface area contributed by atoms with Crippen molar-refractivity contribution in [1.82, 2.24) is 24.1 Å². The van der Waals surface area contributed by atoms with E-state index in [1.807, 2.05) is 112 Å². The molecule has 0 N–H and O–H groups in total. The summed E-state index contributed by atoms with van der Waals surface area (Å²) < 4.78 is 42.5. The monoisotopic (exact) mass is 749 g/mol. The number of benzene rings is 8. The second-order valence-electron chi connectivity index (χ2n) is 14.1. The van der Waals surface area contributed by atoms with E-state index in [2.05, 4.69) is 84.9 Å². The molecule has 3 aromatic heterocycles. The van der Waals surface area contributed by atoms with E-state index in [1.165, 1.54) is 0 Å². The molecule has 0 fully saturated rings. The second kappa shape index (κ2) is 13.4. The van der Waals surface area contributed by atoms with Crippen LogP contribution < -0.4 is 20.7 Å². The van der Waals surface area contributed by atoms with E-state index in [0.717, 1.165) is 59.2 Å². The molecule has 8 aromatic carbocycles. The first-order valence-corrected chi connectivity index (χ1v) is 21.0. The lowest BCUT2D eigenvalue weighted by Gasteiger charge is -2.35. The van der Waals surface area contributed by atoms with Crippen LogP contribution >= 0.6 is 0 Å². The summed E-state index contributed by atoms with van der Waals surface area (Å²) in [5.74, 6) is 0.790. The fourth-order valence-electron chi connectivity index (χ4n) is 8.70. The third-order valence-corrected chi connectivity index (χ3v) is 15.8. The number of aromatic nitrogens is 5. The molecule has 3 heterocycles. The smallest absolute Gasteiger partial charge is 0.240 e. The lowest BCUT2D eigenvalue weighted by Crippen LogP contribution is -2.75. The van der Waals surface area contributed by atoms with Crippen molar-refractivity contribution in [1.29, 1.82) is 0 Å². The third kappa shape index (κ3) is 5.11. The van der Waals surface area contributed by atoms with Crippen molar-refractivity contribution >= 4 is 72.4 Å². The quantitative estimate of drug-likeness (QED) is 0.121. The van der Waals surface area contributed by atoms with E-state index in [1.54, 1.807) is 0 Å². The first-order chi connectivity index (χ1) is 30.0. The number of para-hydroxylation sites is 4. The first kappa shape index (κ1) is 29.0. The molecule has 6 heteroatoms. The Morgan fingerprint density at radius 2 is 0.702 bits per heavy atom. The van der Waals surface area contributed by atoms with Gasteiger partial charge in [0.2, 0.25) is 11.9 Å². The molecule has 0 aliphatic heterocycles. The summed E-state index contributed by atoms with van der Waals surface area (Å²) in [6.07, 6.45) is 0. The van der Waals surface area contributed by atoms with Crippen LogP contribution in [0, 0.1) is 0 Å². The van der Waals surface area contributed by atoms with Gasteiger partial charge in [-0.15, -0.1) is 0 Å². The molecule has 0 saturated heterocycles. The van der Waals surface area contributed by atoms with Crippen LogP contribution in [0.2, 0.25) is 0 Å². The predicted octanol–water partition coefficient (Wildman–Crippen LogP) is 9.11. The summed E-state index contributed by atoms with van der Waals surface area (Å²) in [5, 5.41) is 7.46. The molecule has 0 bridgehead atoms. The Balaban J connectivity index is 1.34. The van der Waals surface area contributed by atoms with E-state index < -0.39 is 8.07 Å². The molecule has 0 aliphatic carbocycles. The van der Waals surface area contributed by atoms with E-state index in [-0.39, 0.29) is 35.6 Å². The average Bonchev–Trinajstić information content (AvgIpc) is 3.84. The highest BCUT2D eigenvalue weighted by molar-refractivity contribution is 7.20. The Kier molecular flexibility index (Phi) is 6.81. The maximum absolute atomic E-state index is 10.0. The largest absolute Gasteiger partial charge is 0.278 e. The van der Waals surface area contributed by atoms with E-state index >= 15 is 0 Å². The summed E-state index contributed by atoms with van der Waals surface area (Å²) in [7, 11) is -3.62. The topological polar surface area (TPSA) is 48.5 Å². The summed E-state index contributed by atoms with van der Waals surface area (Å²) in [5.41, 5.74) is 3.81. The predicted molar refractivity (Wildman–Crippen MR) is 238 cm³/mol.